The van der Waals surface area contributed by atoms with Gasteiger partial charge in [0.15, 0.2) is 0 Å². The number of aryl methyl sites for hydroxylation is 1. The van der Waals surface area contributed by atoms with Crippen LogP contribution in [0.15, 0.2) is 73.8 Å². The van der Waals surface area contributed by atoms with E-state index in [0.717, 1.165) is 22.6 Å². The van der Waals surface area contributed by atoms with Crippen LogP contribution in [-0.2, 0) is 13.1 Å². The van der Waals surface area contributed by atoms with Crippen LogP contribution in [0.5, 0.6) is 0 Å². The summed E-state index contributed by atoms with van der Waals surface area (Å²) in [5.74, 6) is 0.347. The molecule has 0 saturated heterocycles. The van der Waals surface area contributed by atoms with E-state index in [1.54, 1.807) is 41.9 Å². The van der Waals surface area contributed by atoms with Crippen molar-refractivity contribution in [2.24, 2.45) is 0 Å². The number of anilines is 1. The second-order valence-electron chi connectivity index (χ2n) is 7.41. The summed E-state index contributed by atoms with van der Waals surface area (Å²) in [7, 11) is 0. The van der Waals surface area contributed by atoms with Gasteiger partial charge in [-0.2, -0.15) is 0 Å². The normalized spacial score (nSPS) is 10.9. The third-order valence-electron chi connectivity index (χ3n) is 5.04. The predicted molar refractivity (Wildman–Crippen MR) is 122 cm³/mol. The Morgan fingerprint density at radius 3 is 2.79 bits per heavy atom. The summed E-state index contributed by atoms with van der Waals surface area (Å²) in [6.07, 6.45) is 12.0. The summed E-state index contributed by atoms with van der Waals surface area (Å²) in [5.41, 5.74) is 4.53. The van der Waals surface area contributed by atoms with Crippen molar-refractivity contribution < 1.29 is 4.79 Å². The maximum absolute atomic E-state index is 12.6. The zero-order chi connectivity index (χ0) is 22.6. The minimum atomic E-state index is -0.296. The van der Waals surface area contributed by atoms with E-state index in [9.17, 15) is 4.79 Å². The number of fused-ring (bicyclic) bond motifs is 1. The average Bonchev–Trinajstić information content (AvgIpc) is 3.48. The Balaban J connectivity index is 1.35. The lowest BCUT2D eigenvalue weighted by atomic mass is 10.3. The lowest BCUT2D eigenvalue weighted by molar-refractivity contribution is 0.0946. The van der Waals surface area contributed by atoms with Gasteiger partial charge in [0.2, 0.25) is 5.95 Å². The van der Waals surface area contributed by atoms with Gasteiger partial charge in [0.1, 0.15) is 12.0 Å². The number of carbonyl (C=O) groups excluding carboxylic acids is 1. The minimum Gasteiger partial charge on any atom is -0.378 e. The topological polar surface area (TPSA) is 115 Å². The number of nitrogens with zero attached hydrogens (tertiary/aromatic N) is 7. The van der Waals surface area contributed by atoms with Gasteiger partial charge in [0.25, 0.3) is 5.91 Å². The quantitative estimate of drug-likeness (QED) is 0.400. The minimum absolute atomic E-state index is 0.273. The van der Waals surface area contributed by atoms with Crippen LogP contribution in [0.25, 0.3) is 11.5 Å². The standard InChI is InChI=1S/C23H21N9O/c1-16-9-26-18(11-25-16)12-28-22(33)20-14-31(15-29-20)23-30-19(21-6-2-3-8-32(21)23)13-27-17-5-4-7-24-10-17/h2-11,14-15,27H,12-13H2,1H3,(H,28,33). The van der Waals surface area contributed by atoms with Crippen LogP contribution in [0.4, 0.5) is 5.69 Å². The Morgan fingerprint density at radius 1 is 1.03 bits per heavy atom. The van der Waals surface area contributed by atoms with Crippen molar-refractivity contribution >= 4 is 17.1 Å². The fourth-order valence-electron chi connectivity index (χ4n) is 3.37. The van der Waals surface area contributed by atoms with E-state index in [4.69, 9.17) is 4.98 Å². The molecule has 5 aromatic rings. The molecule has 5 heterocycles. The highest BCUT2D eigenvalue weighted by molar-refractivity contribution is 5.92. The van der Waals surface area contributed by atoms with Crippen molar-refractivity contribution in [1.82, 2.24) is 39.2 Å². The zero-order valence-corrected chi connectivity index (χ0v) is 17.9. The van der Waals surface area contributed by atoms with Crippen molar-refractivity contribution in [3.05, 3.63) is 96.6 Å². The van der Waals surface area contributed by atoms with Crippen LogP contribution in [0, 0.1) is 6.92 Å². The first kappa shape index (κ1) is 20.3. The lowest BCUT2D eigenvalue weighted by Gasteiger charge is -2.03. The third kappa shape index (κ3) is 4.40. The maximum Gasteiger partial charge on any atom is 0.271 e. The Morgan fingerprint density at radius 2 is 1.97 bits per heavy atom. The lowest BCUT2D eigenvalue weighted by Crippen LogP contribution is -2.23. The van der Waals surface area contributed by atoms with E-state index in [1.165, 1.54) is 0 Å². The number of amides is 1. The summed E-state index contributed by atoms with van der Waals surface area (Å²) in [5, 5.41) is 6.16. The van der Waals surface area contributed by atoms with Gasteiger partial charge >= 0.3 is 0 Å². The summed E-state index contributed by atoms with van der Waals surface area (Å²) >= 11 is 0. The molecule has 10 heteroatoms. The molecular formula is C23H21N9O. The van der Waals surface area contributed by atoms with Gasteiger partial charge in [-0.05, 0) is 31.2 Å². The highest BCUT2D eigenvalue weighted by Crippen LogP contribution is 2.18. The van der Waals surface area contributed by atoms with Gasteiger partial charge in [-0.3, -0.25) is 28.7 Å². The number of hydrogen-bond acceptors (Lipinski definition) is 7. The molecule has 10 nitrogen and oxygen atoms in total. The van der Waals surface area contributed by atoms with Gasteiger partial charge in [0, 0.05) is 31.0 Å². The first-order valence-corrected chi connectivity index (χ1v) is 10.4. The summed E-state index contributed by atoms with van der Waals surface area (Å²) < 4.78 is 3.70. The van der Waals surface area contributed by atoms with Crippen LogP contribution < -0.4 is 10.6 Å². The van der Waals surface area contributed by atoms with Crippen LogP contribution in [0.1, 0.15) is 27.6 Å². The van der Waals surface area contributed by atoms with Crippen molar-refractivity contribution in [3.8, 4) is 5.95 Å². The molecule has 5 aromatic heterocycles. The predicted octanol–water partition coefficient (Wildman–Crippen LogP) is 2.56. The molecular weight excluding hydrogens is 418 g/mol. The highest BCUT2D eigenvalue weighted by Gasteiger charge is 2.15. The molecule has 2 N–H and O–H groups in total. The molecule has 0 aromatic carbocycles. The summed E-state index contributed by atoms with van der Waals surface area (Å²) in [4.78, 5) is 34.2. The fourth-order valence-corrected chi connectivity index (χ4v) is 3.37. The van der Waals surface area contributed by atoms with Crippen molar-refractivity contribution in [2.75, 3.05) is 5.32 Å². The molecule has 0 unspecified atom stereocenters. The molecule has 0 aliphatic rings. The van der Waals surface area contributed by atoms with Gasteiger partial charge in [-0.25, -0.2) is 9.97 Å². The molecule has 0 aliphatic heterocycles. The van der Waals surface area contributed by atoms with Crippen LogP contribution in [0.3, 0.4) is 0 Å². The second kappa shape index (κ2) is 8.87. The monoisotopic (exact) mass is 439 g/mol. The molecule has 0 fully saturated rings. The van der Waals surface area contributed by atoms with Gasteiger partial charge in [0.05, 0.1) is 47.6 Å². The Hall–Kier alpha value is -4.60. The molecule has 0 radical (unpaired) electrons. The van der Waals surface area contributed by atoms with Crippen molar-refractivity contribution in [2.45, 2.75) is 20.0 Å². The van der Waals surface area contributed by atoms with E-state index in [-0.39, 0.29) is 18.1 Å². The first-order chi connectivity index (χ1) is 16.2. The van der Waals surface area contributed by atoms with E-state index in [2.05, 4.69) is 30.6 Å². The number of aromatic nitrogens is 7. The highest BCUT2D eigenvalue weighted by atomic mass is 16.1. The SMILES string of the molecule is Cc1cnc(CNC(=O)c2cn(-c3nc(CNc4cccnc4)c4ccccn34)cn2)cn1. The number of imidazole rings is 2. The van der Waals surface area contributed by atoms with Crippen LogP contribution in [0.2, 0.25) is 0 Å². The van der Waals surface area contributed by atoms with Crippen LogP contribution >= 0.6 is 0 Å². The molecule has 0 spiro atoms. The van der Waals surface area contributed by atoms with Gasteiger partial charge in [-0.15, -0.1) is 0 Å². The summed E-state index contributed by atoms with van der Waals surface area (Å²) in [6, 6.07) is 9.74. The largest absolute Gasteiger partial charge is 0.378 e. The number of pyridine rings is 2. The van der Waals surface area contributed by atoms with Gasteiger partial charge < -0.3 is 10.6 Å². The van der Waals surface area contributed by atoms with Crippen molar-refractivity contribution in [1.29, 1.82) is 0 Å². The van der Waals surface area contributed by atoms with Crippen molar-refractivity contribution in [3.63, 3.8) is 0 Å². The summed E-state index contributed by atoms with van der Waals surface area (Å²) in [6.45, 7) is 2.66. The zero-order valence-electron chi connectivity index (χ0n) is 17.9. The first-order valence-electron chi connectivity index (χ1n) is 10.4. The molecule has 164 valence electrons. The number of nitrogens with one attached hydrogen (secondary N) is 2. The second-order valence-corrected chi connectivity index (χ2v) is 7.41. The smallest absolute Gasteiger partial charge is 0.271 e. The number of rotatable bonds is 7. The van der Waals surface area contributed by atoms with E-state index in [0.29, 0.717) is 18.2 Å². The van der Waals surface area contributed by atoms with E-state index in [1.807, 2.05) is 47.9 Å². The maximum atomic E-state index is 12.6. The Kier molecular flexibility index (Phi) is 5.46. The van der Waals surface area contributed by atoms with E-state index >= 15 is 0 Å². The number of carbonyl (C=O) groups is 1. The van der Waals surface area contributed by atoms with Crippen LogP contribution in [-0.4, -0.2) is 39.8 Å². The molecule has 0 atom stereocenters. The Bertz CT molecular complexity index is 1390. The molecule has 5 rings (SSSR count). The fraction of sp³-hybridized carbons (Fsp3) is 0.130. The molecule has 1 amide bonds. The molecule has 0 saturated carbocycles. The molecule has 0 bridgehead atoms. The number of hydrogen-bond donors (Lipinski definition) is 2. The van der Waals surface area contributed by atoms with Gasteiger partial charge in [-0.1, -0.05) is 6.07 Å². The average molecular weight is 439 g/mol. The molecule has 0 aliphatic carbocycles. The van der Waals surface area contributed by atoms with E-state index < -0.39 is 0 Å². The Labute approximate surface area is 189 Å². The third-order valence-corrected chi connectivity index (χ3v) is 5.04. The molecule has 33 heavy (non-hydrogen) atoms.